The highest BCUT2D eigenvalue weighted by Crippen LogP contribution is 2.15. The van der Waals surface area contributed by atoms with Gasteiger partial charge in [-0.15, -0.1) is 0 Å². The first-order chi connectivity index (χ1) is 10.8. The van der Waals surface area contributed by atoms with E-state index in [-0.39, 0.29) is 26.1 Å². The van der Waals surface area contributed by atoms with Crippen molar-refractivity contribution in [3.8, 4) is 0 Å². The summed E-state index contributed by atoms with van der Waals surface area (Å²) in [7, 11) is -3.63. The van der Waals surface area contributed by atoms with Crippen LogP contribution in [-0.2, 0) is 30.6 Å². The van der Waals surface area contributed by atoms with Gasteiger partial charge >= 0.3 is 5.97 Å². The summed E-state index contributed by atoms with van der Waals surface area (Å²) in [6.07, 6.45) is -0.0362. The third kappa shape index (κ3) is 4.52. The van der Waals surface area contributed by atoms with Crippen molar-refractivity contribution in [1.82, 2.24) is 4.90 Å². The van der Waals surface area contributed by atoms with Crippen LogP contribution in [0.15, 0.2) is 30.3 Å². The lowest BCUT2D eigenvalue weighted by Gasteiger charge is -2.33. The molecule has 1 amide bonds. The summed E-state index contributed by atoms with van der Waals surface area (Å²) in [6.45, 7) is 0.114. The lowest BCUT2D eigenvalue weighted by atomic mass is 10.1. The number of sulfone groups is 1. The van der Waals surface area contributed by atoms with Gasteiger partial charge in [0.1, 0.15) is 5.25 Å². The monoisotopic (exact) mass is 341 g/mol. The zero-order valence-corrected chi connectivity index (χ0v) is 13.5. The number of carboxylic acids is 1. The van der Waals surface area contributed by atoms with Gasteiger partial charge in [-0.05, 0) is 12.0 Å². The fraction of sp³-hybridized carbons (Fsp3) is 0.467. The maximum absolute atomic E-state index is 12.6. The third-order valence-electron chi connectivity index (χ3n) is 3.71. The van der Waals surface area contributed by atoms with Crippen molar-refractivity contribution in [3.63, 3.8) is 0 Å². The van der Waals surface area contributed by atoms with E-state index in [0.717, 1.165) is 11.8 Å². The maximum Gasteiger partial charge on any atom is 0.334 e. The van der Waals surface area contributed by atoms with Gasteiger partial charge in [-0.2, -0.15) is 0 Å². The number of hydrogen-bond acceptors (Lipinski definition) is 5. The zero-order valence-electron chi connectivity index (χ0n) is 12.7. The Balaban J connectivity index is 2.19. The molecule has 126 valence electrons. The second kappa shape index (κ2) is 7.10. The molecule has 8 heteroatoms. The van der Waals surface area contributed by atoms with Gasteiger partial charge in [0.05, 0.1) is 13.2 Å². The van der Waals surface area contributed by atoms with E-state index in [1.807, 2.05) is 0 Å². The minimum Gasteiger partial charge on any atom is -0.479 e. The summed E-state index contributed by atoms with van der Waals surface area (Å²) in [4.78, 5) is 24.9. The van der Waals surface area contributed by atoms with Crippen LogP contribution in [0.5, 0.6) is 0 Å². The van der Waals surface area contributed by atoms with Gasteiger partial charge in [-0.25, -0.2) is 13.2 Å². The Labute approximate surface area is 134 Å². The number of carbonyl (C=O) groups is 2. The quantitative estimate of drug-likeness (QED) is 0.806. The second-order valence-corrected chi connectivity index (χ2v) is 7.72. The molecule has 1 aromatic carbocycles. The van der Waals surface area contributed by atoms with Crippen LogP contribution in [0.4, 0.5) is 0 Å². The molecule has 23 heavy (non-hydrogen) atoms. The van der Waals surface area contributed by atoms with E-state index in [4.69, 9.17) is 9.84 Å². The molecule has 1 aliphatic rings. The van der Waals surface area contributed by atoms with E-state index in [1.54, 1.807) is 30.3 Å². The average Bonchev–Trinajstić information content (AvgIpc) is 2.52. The Bertz CT molecular complexity index is 672. The number of benzene rings is 1. The summed E-state index contributed by atoms with van der Waals surface area (Å²) in [6, 6.07) is 8.86. The summed E-state index contributed by atoms with van der Waals surface area (Å²) in [5, 5.41) is 7.77. The average molecular weight is 341 g/mol. The van der Waals surface area contributed by atoms with Crippen molar-refractivity contribution in [2.45, 2.75) is 17.8 Å². The van der Waals surface area contributed by atoms with Crippen LogP contribution in [0, 0.1) is 0 Å². The first-order valence-corrected chi connectivity index (χ1v) is 9.10. The molecule has 2 atom stereocenters. The van der Waals surface area contributed by atoms with Crippen LogP contribution in [-0.4, -0.2) is 67.6 Å². The van der Waals surface area contributed by atoms with Crippen molar-refractivity contribution >= 4 is 21.7 Å². The van der Waals surface area contributed by atoms with Crippen LogP contribution >= 0.6 is 0 Å². The molecule has 1 fully saturated rings. The fourth-order valence-corrected chi connectivity index (χ4v) is 3.46. The second-order valence-electron chi connectivity index (χ2n) is 5.49. The molecule has 0 aromatic heterocycles. The van der Waals surface area contributed by atoms with Crippen molar-refractivity contribution in [3.05, 3.63) is 35.9 Å². The van der Waals surface area contributed by atoms with E-state index in [9.17, 15) is 18.0 Å². The van der Waals surface area contributed by atoms with Crippen LogP contribution in [0.25, 0.3) is 0 Å². The topological polar surface area (TPSA) is 101 Å². The molecule has 0 radical (unpaired) electrons. The van der Waals surface area contributed by atoms with Crippen molar-refractivity contribution in [1.29, 1.82) is 0 Å². The van der Waals surface area contributed by atoms with Crippen molar-refractivity contribution < 1.29 is 27.9 Å². The first kappa shape index (κ1) is 17.4. The summed E-state index contributed by atoms with van der Waals surface area (Å²) in [5.74, 6) is -1.74. The molecular formula is C15H19NO6S. The van der Waals surface area contributed by atoms with E-state index < -0.39 is 33.1 Å². The molecule has 0 aliphatic carbocycles. The van der Waals surface area contributed by atoms with Gasteiger partial charge in [0.2, 0.25) is 5.91 Å². The standard InChI is InChI=1S/C15H19NO6S/c1-23(20,21)13(9-11-5-3-2-4-6-11)14(17)16-7-8-22-12(10-16)15(18)19/h2-6,12-13H,7-10H2,1H3,(H,18,19). The van der Waals surface area contributed by atoms with E-state index in [2.05, 4.69) is 0 Å². The minimum absolute atomic E-state index is 0.0631. The number of nitrogens with zero attached hydrogens (tertiary/aromatic N) is 1. The molecule has 7 nitrogen and oxygen atoms in total. The molecule has 1 N–H and O–H groups in total. The van der Waals surface area contributed by atoms with Gasteiger partial charge in [-0.1, -0.05) is 30.3 Å². The van der Waals surface area contributed by atoms with Gasteiger partial charge in [0.25, 0.3) is 0 Å². The lowest BCUT2D eigenvalue weighted by molar-refractivity contribution is -0.159. The molecule has 2 rings (SSSR count). The molecule has 2 unspecified atom stereocenters. The van der Waals surface area contributed by atoms with Gasteiger partial charge in [0.15, 0.2) is 15.9 Å². The Kier molecular flexibility index (Phi) is 5.38. The van der Waals surface area contributed by atoms with Crippen LogP contribution in [0.3, 0.4) is 0 Å². The summed E-state index contributed by atoms with van der Waals surface area (Å²) >= 11 is 0. The molecule has 0 spiro atoms. The Morgan fingerprint density at radius 2 is 2.00 bits per heavy atom. The Morgan fingerprint density at radius 1 is 1.35 bits per heavy atom. The summed E-state index contributed by atoms with van der Waals surface area (Å²) in [5.41, 5.74) is 0.735. The number of morpholine rings is 1. The number of hydrogen-bond donors (Lipinski definition) is 1. The van der Waals surface area contributed by atoms with Crippen molar-refractivity contribution in [2.24, 2.45) is 0 Å². The highest BCUT2D eigenvalue weighted by Gasteiger charge is 2.36. The van der Waals surface area contributed by atoms with Crippen molar-refractivity contribution in [2.75, 3.05) is 26.0 Å². The normalized spacial score (nSPS) is 20.0. The minimum atomic E-state index is -3.63. The van der Waals surface area contributed by atoms with Crippen LogP contribution in [0.1, 0.15) is 5.56 Å². The number of rotatable bonds is 5. The molecule has 0 bridgehead atoms. The molecule has 1 aliphatic heterocycles. The molecule has 0 saturated carbocycles. The first-order valence-electron chi connectivity index (χ1n) is 7.15. The van der Waals surface area contributed by atoms with Crippen LogP contribution < -0.4 is 0 Å². The van der Waals surface area contributed by atoms with Gasteiger partial charge in [0, 0.05) is 12.8 Å². The van der Waals surface area contributed by atoms with Gasteiger partial charge in [-0.3, -0.25) is 4.79 Å². The predicted molar refractivity (Wildman–Crippen MR) is 82.7 cm³/mol. The number of carbonyl (C=O) groups excluding carboxylic acids is 1. The fourth-order valence-electron chi connectivity index (χ4n) is 2.45. The largest absolute Gasteiger partial charge is 0.479 e. The zero-order chi connectivity index (χ0) is 17.0. The molecule has 1 aromatic rings. The van der Waals surface area contributed by atoms with Crippen LogP contribution in [0.2, 0.25) is 0 Å². The highest BCUT2D eigenvalue weighted by molar-refractivity contribution is 7.92. The van der Waals surface area contributed by atoms with Gasteiger partial charge < -0.3 is 14.7 Å². The lowest BCUT2D eigenvalue weighted by Crippen LogP contribution is -2.53. The highest BCUT2D eigenvalue weighted by atomic mass is 32.2. The summed E-state index contributed by atoms with van der Waals surface area (Å²) < 4.78 is 29.1. The predicted octanol–water partition coefficient (Wildman–Crippen LogP) is -0.0457. The molecule has 1 heterocycles. The number of aliphatic carboxylic acids is 1. The maximum atomic E-state index is 12.6. The number of carboxylic acid groups (broad SMARTS) is 1. The Hall–Kier alpha value is -1.93. The molecular weight excluding hydrogens is 322 g/mol. The third-order valence-corrected chi connectivity index (χ3v) is 5.11. The molecule has 1 saturated heterocycles. The smallest absolute Gasteiger partial charge is 0.334 e. The number of ether oxygens (including phenoxy) is 1. The Morgan fingerprint density at radius 3 is 2.57 bits per heavy atom. The number of amides is 1. The van der Waals surface area contributed by atoms with E-state index in [1.165, 1.54) is 4.90 Å². The SMILES string of the molecule is CS(=O)(=O)C(Cc1ccccc1)C(=O)N1CCOC(C(=O)O)C1. The van der Waals surface area contributed by atoms with E-state index in [0.29, 0.717) is 0 Å². The van der Waals surface area contributed by atoms with E-state index >= 15 is 0 Å².